The molecule has 0 aliphatic rings. The third-order valence-corrected chi connectivity index (χ3v) is 9.22. The average molecular weight is 1150 g/mol. The molecule has 0 radical (unpaired) electrons. The summed E-state index contributed by atoms with van der Waals surface area (Å²) in [4.78, 5) is 0. The fraction of sp³-hybridized carbons (Fsp3) is 0.136. The van der Waals surface area contributed by atoms with Crippen molar-refractivity contribution < 1.29 is 76.9 Å². The molecule has 8 aromatic heterocycles. The summed E-state index contributed by atoms with van der Waals surface area (Å²) >= 11 is 0. The van der Waals surface area contributed by atoms with Crippen molar-refractivity contribution in [2.45, 2.75) is 38.5 Å². The molecular formula is C44H42B2F10N18Ni2. The van der Waals surface area contributed by atoms with Crippen LogP contribution >= 0.6 is 0 Å². The molecule has 0 aliphatic carbocycles. The summed E-state index contributed by atoms with van der Waals surface area (Å²) in [6.07, 6.45) is 29.0. The minimum Gasteiger partial charge on any atom is -1.00 e. The molecule has 0 N–H and O–H groups in total. The average Bonchev–Trinajstić information content (AvgIpc) is 4.18. The standard InChI is InChI=1S/2C20H18N8.2C2H3N.2BF4.2FH.2Ni/c2*1-6-17(19(25-12-2-8-21-25)26-13-3-9-22-26)16-18(7-1)20(27-14-4-10-23-27)28-15-5-11-24-28;2*1-2-3;2*2-1(3,4)5;;;;/h2*1-16,19-20H;2*1H3;;;2*1H;;/q;;;;2*-1;;;2*+2/p-2. The molecule has 8 heterocycles. The van der Waals surface area contributed by atoms with Gasteiger partial charge in [-0.1, -0.05) is 36.4 Å². The topological polar surface area (TPSA) is 190 Å². The first-order chi connectivity index (χ1) is 34.6. The number of hydrogen-bond donors (Lipinski definition) is 0. The van der Waals surface area contributed by atoms with Crippen LogP contribution in [0.4, 0.5) is 34.5 Å². The number of hydrogen-bond acceptors (Lipinski definition) is 10. The molecule has 0 spiro atoms. The first-order valence-corrected chi connectivity index (χ1v) is 21.1. The summed E-state index contributed by atoms with van der Waals surface area (Å²) < 4.78 is 93.1. The Morgan fingerprint density at radius 3 is 0.579 bits per heavy atom. The molecule has 32 heteroatoms. The van der Waals surface area contributed by atoms with Crippen LogP contribution in [0, 0.1) is 22.7 Å². The van der Waals surface area contributed by atoms with Crippen LogP contribution < -0.4 is 9.41 Å². The number of rotatable bonds is 12. The molecule has 10 aromatic rings. The smallest absolute Gasteiger partial charge is 1.00 e. The Balaban J connectivity index is 0.000000570. The van der Waals surface area contributed by atoms with E-state index in [1.54, 1.807) is 61.7 Å². The Kier molecular flexibility index (Phi) is 28.2. The Labute approximate surface area is 447 Å². The fourth-order valence-corrected chi connectivity index (χ4v) is 6.87. The second-order valence-electron chi connectivity index (χ2n) is 14.2. The summed E-state index contributed by atoms with van der Waals surface area (Å²) in [5.41, 5.74) is 4.26. The zero-order valence-corrected chi connectivity index (χ0v) is 41.4. The van der Waals surface area contributed by atoms with Crippen LogP contribution in [0.25, 0.3) is 0 Å². The number of benzene rings is 2. The summed E-state index contributed by atoms with van der Waals surface area (Å²) in [5.74, 6) is 0. The number of halogens is 10. The molecule has 0 amide bonds. The van der Waals surface area contributed by atoms with Gasteiger partial charge in [0.2, 0.25) is 0 Å². The van der Waals surface area contributed by atoms with Crippen LogP contribution in [0.2, 0.25) is 0 Å². The maximum Gasteiger partial charge on any atom is 2.00 e. The van der Waals surface area contributed by atoms with E-state index in [0.29, 0.717) is 0 Å². The van der Waals surface area contributed by atoms with E-state index < -0.39 is 14.5 Å². The van der Waals surface area contributed by atoms with Crippen molar-refractivity contribution in [1.29, 1.82) is 10.5 Å². The molecule has 2 aromatic carbocycles. The molecule has 0 bridgehead atoms. The van der Waals surface area contributed by atoms with Crippen LogP contribution in [0.1, 0.15) is 60.8 Å². The molecule has 0 saturated heterocycles. The Morgan fingerprint density at radius 2 is 0.474 bits per heavy atom. The summed E-state index contributed by atoms with van der Waals surface area (Å²) in [5, 5.41) is 50.2. The predicted molar refractivity (Wildman–Crippen MR) is 248 cm³/mol. The van der Waals surface area contributed by atoms with E-state index in [1.165, 1.54) is 13.8 Å². The van der Waals surface area contributed by atoms with Gasteiger partial charge in [0.15, 0.2) is 24.7 Å². The van der Waals surface area contributed by atoms with Gasteiger partial charge in [0.1, 0.15) is 0 Å². The first kappa shape index (κ1) is 65.5. The number of nitriles is 2. The van der Waals surface area contributed by atoms with Gasteiger partial charge in [0, 0.05) is 113 Å². The van der Waals surface area contributed by atoms with E-state index in [1.807, 2.05) is 148 Å². The SMILES string of the molecule is CC#N.CC#N.F[B-](F)(F)F.F[B-](F)(F)F.[F-].[F-].[Ni+2].[Ni+2].c1cc(C(n2cccn2)n2cccn2)cc(C(n2cccn2)n2cccn2)c1.c1cc(C(n2cccn2)n2cccn2)cc(C(n2cccn2)n2cccn2)c1. The maximum absolute atomic E-state index is 9.75. The third kappa shape index (κ3) is 20.4. The summed E-state index contributed by atoms with van der Waals surface area (Å²) in [6.45, 7) is 2.86. The molecule has 0 aliphatic heterocycles. The van der Waals surface area contributed by atoms with E-state index in [4.69, 9.17) is 10.5 Å². The van der Waals surface area contributed by atoms with Gasteiger partial charge in [-0.25, -0.2) is 37.5 Å². The molecule has 18 nitrogen and oxygen atoms in total. The van der Waals surface area contributed by atoms with Gasteiger partial charge in [-0.05, 0) is 82.9 Å². The summed E-state index contributed by atoms with van der Waals surface area (Å²) in [6, 6.07) is 35.5. The van der Waals surface area contributed by atoms with Crippen LogP contribution in [0.5, 0.6) is 0 Å². The maximum atomic E-state index is 9.75. The number of nitrogens with zero attached hydrogens (tertiary/aromatic N) is 18. The van der Waals surface area contributed by atoms with Crippen molar-refractivity contribution in [3.05, 3.63) is 218 Å². The van der Waals surface area contributed by atoms with E-state index in [0.717, 1.165) is 22.3 Å². The van der Waals surface area contributed by atoms with Crippen molar-refractivity contribution in [3.63, 3.8) is 0 Å². The van der Waals surface area contributed by atoms with E-state index >= 15 is 0 Å². The molecule has 0 saturated carbocycles. The van der Waals surface area contributed by atoms with Gasteiger partial charge < -0.3 is 43.9 Å². The zero-order chi connectivity index (χ0) is 51.9. The number of aromatic nitrogens is 16. The minimum atomic E-state index is -6.00. The molecule has 10 rings (SSSR count). The Bertz CT molecular complexity index is 2530. The van der Waals surface area contributed by atoms with Crippen molar-refractivity contribution in [1.82, 2.24) is 78.2 Å². The van der Waals surface area contributed by atoms with Crippen LogP contribution in [0.3, 0.4) is 0 Å². The Hall–Kier alpha value is -8.48. The fourth-order valence-electron chi connectivity index (χ4n) is 6.87. The second-order valence-corrected chi connectivity index (χ2v) is 14.2. The largest absolute Gasteiger partial charge is 2.00 e. The third-order valence-electron chi connectivity index (χ3n) is 9.22. The molecule has 0 unspecified atom stereocenters. The molecular weight excluding hydrogens is 1110 g/mol. The van der Waals surface area contributed by atoms with Crippen LogP contribution in [-0.2, 0) is 33.0 Å². The van der Waals surface area contributed by atoms with Gasteiger partial charge in [0.25, 0.3) is 0 Å². The first-order valence-electron chi connectivity index (χ1n) is 21.1. The quantitative estimate of drug-likeness (QED) is 0.130. The Morgan fingerprint density at radius 1 is 0.342 bits per heavy atom. The summed E-state index contributed by atoms with van der Waals surface area (Å²) in [7, 11) is -12.0. The van der Waals surface area contributed by atoms with Crippen molar-refractivity contribution >= 4 is 14.5 Å². The van der Waals surface area contributed by atoms with Gasteiger partial charge in [-0.2, -0.15) is 51.3 Å². The van der Waals surface area contributed by atoms with E-state index in [9.17, 15) is 34.5 Å². The van der Waals surface area contributed by atoms with Crippen LogP contribution in [-0.4, -0.2) is 92.8 Å². The van der Waals surface area contributed by atoms with Crippen molar-refractivity contribution in [3.8, 4) is 12.1 Å². The van der Waals surface area contributed by atoms with Gasteiger partial charge in [0.05, 0.1) is 12.1 Å². The second kappa shape index (κ2) is 32.6. The molecule has 404 valence electrons. The molecule has 0 fully saturated rings. The molecule has 76 heavy (non-hydrogen) atoms. The van der Waals surface area contributed by atoms with Crippen molar-refractivity contribution in [2.24, 2.45) is 0 Å². The monoisotopic (exact) mass is 1150 g/mol. The van der Waals surface area contributed by atoms with Gasteiger partial charge in [-0.15, -0.1) is 0 Å². The normalized spacial score (nSPS) is 10.3. The van der Waals surface area contributed by atoms with E-state index in [-0.39, 0.29) is 67.1 Å². The zero-order valence-electron chi connectivity index (χ0n) is 39.4. The van der Waals surface area contributed by atoms with Crippen LogP contribution in [0.15, 0.2) is 196 Å². The van der Waals surface area contributed by atoms with Gasteiger partial charge in [-0.3, -0.25) is 0 Å². The van der Waals surface area contributed by atoms with Crippen molar-refractivity contribution in [2.75, 3.05) is 0 Å². The van der Waals surface area contributed by atoms with Gasteiger partial charge >= 0.3 is 47.5 Å². The van der Waals surface area contributed by atoms with E-state index in [2.05, 4.69) is 77.2 Å². The molecule has 0 atom stereocenters. The minimum absolute atomic E-state index is 0. The predicted octanol–water partition coefficient (Wildman–Crippen LogP) is 2.99.